The molecule has 10 aliphatic heterocycles. The molecule has 0 aromatic carbocycles. The van der Waals surface area contributed by atoms with Crippen LogP contribution in [0.15, 0.2) is 0 Å². The maximum atomic E-state index is 13.2. The zero-order valence-electron chi connectivity index (χ0n) is 72.8. The van der Waals surface area contributed by atoms with Gasteiger partial charge in [-0.3, -0.25) is 24.0 Å². The summed E-state index contributed by atoms with van der Waals surface area (Å²) in [6, 6.07) is -0.902. The van der Waals surface area contributed by atoms with E-state index in [1.54, 1.807) is 20.8 Å². The topological polar surface area (TPSA) is 782 Å². The van der Waals surface area contributed by atoms with Gasteiger partial charge in [-0.05, 0) is 96.8 Å². The summed E-state index contributed by atoms with van der Waals surface area (Å²) in [5, 5.41) is 152. The highest BCUT2D eigenvalue weighted by atomic mass is 32.2. The molecule has 10 atom stereocenters. The van der Waals surface area contributed by atoms with Crippen molar-refractivity contribution in [1.29, 1.82) is 0 Å². The van der Waals surface area contributed by atoms with Gasteiger partial charge in [-0.1, -0.05) is 46.0 Å². The standard InChI is InChI=1S/C14H27BN4O6S.2C14H29BN4O6S.C13H27BN4O6S.C12H25BN4O6S/c16-14(13(20)21)9-18(8-10(14)2-1-5-15(22)23)26(24,25)19(11-3-4-11)12-6-17-7-12;1-10(2)19(12-6-17-7-12)26(24,25)18-8-11(4-3-5-15(22)23)14(16,9-18)13(20)21;1-2-6-19(12-7-17-8-12)26(24,25)18-9-11(4-3-5-15(22)23)14(16,10-18)13(20)21;1-2-18(11-6-16-7-11)25(23,24)17-8-10(4-3-5-14(21)22)13(15,9-17)12(19)20;1-16(10-5-15-6-10)24(22,23)17-7-9(3-2-4-13(20)21)12(14,8-17)11(18)19/h10-12,17,22-23H,1-9,16H2,(H,20,21);10-12,17,22-23H,3-9,16H2,1-2H3,(H,20,21);11-12,17,22-23H,2-10,16H2,1H3,(H,20,21);10-11,16,21-22H,2-9,15H2,1H3,(H,19,20);9-10,15,20-21H,2-8,14H2,1H3,(H,18,19)/t10-,14-;2*11-,14-;10-,13-;9-,12-/m00000/s1. The van der Waals surface area contributed by atoms with Gasteiger partial charge in [-0.25, -0.2) is 0 Å². The van der Waals surface area contributed by atoms with Crippen LogP contribution in [0, 0.1) is 29.6 Å². The molecule has 10 heterocycles. The number of aliphatic carboxylic acids is 5. The van der Waals surface area contributed by atoms with Gasteiger partial charge in [0.05, 0.1) is 30.2 Å². The maximum absolute atomic E-state index is 13.2. The molecule has 1 aliphatic carbocycles. The van der Waals surface area contributed by atoms with E-state index in [1.807, 2.05) is 6.92 Å². The van der Waals surface area contributed by atoms with E-state index in [4.69, 9.17) is 78.9 Å². The zero-order chi connectivity index (χ0) is 95.3. The van der Waals surface area contributed by atoms with Gasteiger partial charge >= 0.3 is 65.4 Å². The maximum Gasteiger partial charge on any atom is 0.451 e. The summed E-state index contributed by atoms with van der Waals surface area (Å²) >= 11 is 0. The van der Waals surface area contributed by atoms with Gasteiger partial charge < -0.3 is 131 Å². The molecule has 0 unspecified atom stereocenters. The fourth-order valence-electron chi connectivity index (χ4n) is 17.6. The summed E-state index contributed by atoms with van der Waals surface area (Å²) in [5.74, 6) is -9.13. The lowest BCUT2D eigenvalue weighted by Crippen LogP contribution is -2.63. The number of hydrogen-bond donors (Lipinski definition) is 25. The van der Waals surface area contributed by atoms with Crippen molar-refractivity contribution in [2.45, 2.75) is 213 Å². The summed E-state index contributed by atoms with van der Waals surface area (Å²) in [6.45, 7) is 12.4. The highest BCUT2D eigenvalue weighted by molar-refractivity contribution is 7.88. The van der Waals surface area contributed by atoms with Crippen molar-refractivity contribution in [2.24, 2.45) is 58.3 Å². The number of likely N-dealkylation sites (N-methyl/N-ethyl adjacent to an activating group) is 2. The Morgan fingerprint density at radius 1 is 0.362 bits per heavy atom. The lowest BCUT2D eigenvalue weighted by Gasteiger charge is -2.41. The second-order valence-electron chi connectivity index (χ2n) is 35.6. The molecule has 10 saturated heterocycles. The lowest BCUT2D eigenvalue weighted by atomic mass is 9.78. The van der Waals surface area contributed by atoms with E-state index < -0.39 is 174 Å². The van der Waals surface area contributed by atoms with Crippen LogP contribution in [-0.2, 0) is 75.0 Å². The normalized spacial score (nSPS) is 28.7. The monoisotopic (exact) mass is 1920 g/mol. The minimum absolute atomic E-state index is 0.00677. The lowest BCUT2D eigenvalue weighted by molar-refractivity contribution is -0.145. The molecule has 0 bridgehead atoms. The third-order valence-corrected chi connectivity index (χ3v) is 36.4. The van der Waals surface area contributed by atoms with E-state index in [0.717, 1.165) is 21.5 Å². The first-order valence-corrected chi connectivity index (χ1v) is 50.3. The average Bonchev–Trinajstić information content (AvgIpc) is 1.57. The number of nitrogens with one attached hydrogen (secondary N) is 5. The summed E-state index contributed by atoms with van der Waals surface area (Å²) in [6.07, 6.45) is 6.10. The van der Waals surface area contributed by atoms with Crippen LogP contribution in [0.25, 0.3) is 0 Å². The van der Waals surface area contributed by atoms with E-state index in [-0.39, 0.29) is 139 Å². The molecule has 30 N–H and O–H groups in total. The molecule has 0 amide bonds. The van der Waals surface area contributed by atoms with Gasteiger partial charge in [0.1, 0.15) is 27.7 Å². The zero-order valence-corrected chi connectivity index (χ0v) is 76.9. The van der Waals surface area contributed by atoms with Crippen LogP contribution in [0.4, 0.5) is 0 Å². The first-order chi connectivity index (χ1) is 59.0. The number of nitrogens with two attached hydrogens (primary N) is 5. The largest absolute Gasteiger partial charge is 0.480 e. The van der Waals surface area contributed by atoms with Gasteiger partial charge in [-0.2, -0.15) is 85.1 Å². The Balaban J connectivity index is 0.000000218. The van der Waals surface area contributed by atoms with E-state index in [9.17, 15) is 91.6 Å². The minimum Gasteiger partial charge on any atom is -0.480 e. The van der Waals surface area contributed by atoms with Crippen molar-refractivity contribution in [3.8, 4) is 0 Å². The molecule has 0 aromatic heterocycles. The minimum atomic E-state index is -3.85. The smallest absolute Gasteiger partial charge is 0.451 e. The van der Waals surface area contributed by atoms with Crippen LogP contribution >= 0.6 is 0 Å². The fourth-order valence-corrected chi connectivity index (χ4v) is 27.3. The van der Waals surface area contributed by atoms with Crippen LogP contribution in [0.3, 0.4) is 0 Å². The van der Waals surface area contributed by atoms with E-state index >= 15 is 0 Å². The third kappa shape index (κ3) is 26.7. The fraction of sp³-hybridized carbons (Fsp3) is 0.925. The Kier molecular flexibility index (Phi) is 40.1. The molecular weight excluding hydrogens is 1780 g/mol. The Hall–Kier alpha value is -3.78. The van der Waals surface area contributed by atoms with Crippen molar-refractivity contribution in [2.75, 3.05) is 151 Å². The second-order valence-corrected chi connectivity index (χ2v) is 45.1. The van der Waals surface area contributed by atoms with Crippen LogP contribution in [-0.4, -0.2) is 447 Å². The quantitative estimate of drug-likeness (QED) is 0.0252. The van der Waals surface area contributed by atoms with Crippen LogP contribution in [0.5, 0.6) is 0 Å². The van der Waals surface area contributed by atoms with Crippen molar-refractivity contribution < 1.29 is 142 Å². The average molecular weight is 1920 g/mol. The number of rotatable bonds is 45. The molecule has 0 aromatic rings. The Morgan fingerprint density at radius 3 is 0.827 bits per heavy atom. The molecule has 60 heteroatoms. The van der Waals surface area contributed by atoms with Crippen molar-refractivity contribution in [3.05, 3.63) is 0 Å². The third-order valence-electron chi connectivity index (χ3n) is 26.2. The Morgan fingerprint density at radius 2 is 0.606 bits per heavy atom. The summed E-state index contributed by atoms with van der Waals surface area (Å²) in [7, 11) is -24.9. The van der Waals surface area contributed by atoms with Crippen LogP contribution < -0.4 is 55.3 Å². The number of carbonyl (C=O) groups is 5. The van der Waals surface area contributed by atoms with E-state index in [2.05, 4.69) is 26.6 Å². The Bertz CT molecular complexity index is 4130. The van der Waals surface area contributed by atoms with Crippen molar-refractivity contribution in [3.63, 3.8) is 0 Å². The number of carboxylic acids is 5. The van der Waals surface area contributed by atoms with E-state index in [0.29, 0.717) is 149 Å². The molecule has 11 rings (SSSR count). The van der Waals surface area contributed by atoms with Crippen LogP contribution in [0.2, 0.25) is 31.6 Å². The molecule has 0 spiro atoms. The van der Waals surface area contributed by atoms with Crippen molar-refractivity contribution >= 4 is 116 Å². The molecule has 1 saturated carbocycles. The molecule has 0 radical (unpaired) electrons. The van der Waals surface area contributed by atoms with Gasteiger partial charge in [0.15, 0.2) is 0 Å². The number of nitrogens with zero attached hydrogens (tertiary/aromatic N) is 10. The first kappa shape index (κ1) is 110. The van der Waals surface area contributed by atoms with Crippen molar-refractivity contribution in [1.82, 2.24) is 69.6 Å². The summed E-state index contributed by atoms with van der Waals surface area (Å²) in [4.78, 5) is 58.5. The van der Waals surface area contributed by atoms with E-state index in [1.165, 1.54) is 41.5 Å². The summed E-state index contributed by atoms with van der Waals surface area (Å²) < 4.78 is 143. The molecular formula is C67H137B5N20O30S5. The van der Waals surface area contributed by atoms with Gasteiger partial charge in [0.2, 0.25) is 0 Å². The van der Waals surface area contributed by atoms with Gasteiger partial charge in [-0.15, -0.1) is 0 Å². The highest BCUT2D eigenvalue weighted by Gasteiger charge is 2.61. The number of carboxylic acid groups (broad SMARTS) is 5. The van der Waals surface area contributed by atoms with Crippen LogP contribution in [0.1, 0.15) is 111 Å². The molecule has 730 valence electrons. The number of hydrogen-bond acceptors (Lipinski definition) is 35. The predicted molar refractivity (Wildman–Crippen MR) is 466 cm³/mol. The Labute approximate surface area is 745 Å². The first-order valence-electron chi connectivity index (χ1n) is 43.3. The predicted octanol–water partition coefficient (Wildman–Crippen LogP) is -12.0. The molecule has 127 heavy (non-hydrogen) atoms. The summed E-state index contributed by atoms with van der Waals surface area (Å²) in [5.41, 5.74) is 22.0. The molecule has 11 fully saturated rings. The molecule has 11 aliphatic rings. The van der Waals surface area contributed by atoms with Gasteiger partial charge in [0, 0.05) is 193 Å². The van der Waals surface area contributed by atoms with Gasteiger partial charge in [0.25, 0.3) is 51.0 Å². The molecule has 50 nitrogen and oxygen atoms in total. The highest BCUT2D eigenvalue weighted by Crippen LogP contribution is 2.42. The second kappa shape index (κ2) is 46.2. The SMILES string of the molecule is CC(C)N(C1CNC1)S(=O)(=O)N1C[C@H](CCCB(O)O)[C@](N)(C(=O)O)C1.CCCN(C1CNC1)S(=O)(=O)N1C[C@H](CCCB(O)O)[C@](N)(C(=O)O)C1.CCN(C1CNC1)S(=O)(=O)N1C[C@H](CCCB(O)O)[C@](N)(C(=O)O)C1.CN(C1CNC1)S(=O)(=O)N1C[C@H](CCCB(O)O)[C@](N)(C(=O)O)C1.N[C@@]1(C(=O)O)CN(S(=O)(=O)N(C2CC2)C2CNC2)C[C@@H]1CCCB(O)O.